The number of carboxylic acids is 2. The highest BCUT2D eigenvalue weighted by Crippen LogP contribution is 2.46. The lowest BCUT2D eigenvalue weighted by molar-refractivity contribution is -0.143. The molecule has 4 aromatic carbocycles. The van der Waals surface area contributed by atoms with Crippen LogP contribution in [0.25, 0.3) is 11.1 Å². The molecule has 0 heterocycles. The Kier molecular flexibility index (Phi) is 7.15. The number of hydrogen-bond acceptors (Lipinski definition) is 8. The fraction of sp³-hybridized carbons (Fsp3) is 0.167. The number of nitrogens with zero attached hydrogens (tertiary/aromatic N) is 2. The number of rotatable bonds is 5. The van der Waals surface area contributed by atoms with Crippen molar-refractivity contribution in [3.8, 4) is 11.1 Å². The average Bonchev–Trinajstić information content (AvgIpc) is 3.05. The summed E-state index contributed by atoms with van der Waals surface area (Å²) in [6.07, 6.45) is -0.125. The molecule has 2 unspecified atom stereocenters. The normalized spacial score (nSPS) is 22.4. The number of benzene rings is 4. The summed E-state index contributed by atoms with van der Waals surface area (Å²) in [5, 5.41) is 46.2. The first-order chi connectivity index (χ1) is 22.0. The van der Waals surface area contributed by atoms with Gasteiger partial charge in [-0.3, -0.25) is 20.4 Å². The largest absolute Gasteiger partial charge is 0.480 e. The topological polar surface area (TPSA) is 199 Å². The van der Waals surface area contributed by atoms with Crippen LogP contribution in [0.4, 0.5) is 0 Å². The fourth-order valence-electron chi connectivity index (χ4n) is 7.28. The summed E-state index contributed by atoms with van der Waals surface area (Å²) in [5.74, 6) is 9.15. The van der Waals surface area contributed by atoms with E-state index in [1.54, 1.807) is 60.7 Å². The number of carbonyl (C=O) groups is 2. The van der Waals surface area contributed by atoms with Crippen LogP contribution in [0, 0.1) is 24.7 Å². The predicted molar refractivity (Wildman–Crippen MR) is 177 cm³/mol. The van der Waals surface area contributed by atoms with Gasteiger partial charge in [0.25, 0.3) is 0 Å². The summed E-state index contributed by atoms with van der Waals surface area (Å²) in [5.41, 5.74) is 3.86. The second-order valence-corrected chi connectivity index (χ2v) is 11.8. The van der Waals surface area contributed by atoms with E-state index in [4.69, 9.17) is 22.5 Å². The minimum absolute atomic E-state index is 0.0625. The fourth-order valence-corrected chi connectivity index (χ4v) is 7.28. The van der Waals surface area contributed by atoms with E-state index >= 15 is 0 Å². The van der Waals surface area contributed by atoms with E-state index < -0.39 is 22.8 Å². The van der Waals surface area contributed by atoms with Crippen molar-refractivity contribution < 1.29 is 19.8 Å². The number of nitrogens with two attached hydrogens (primary N) is 2. The monoisotopic (exact) mass is 612 g/mol. The Morgan fingerprint density at radius 2 is 1.00 bits per heavy atom. The van der Waals surface area contributed by atoms with Crippen LogP contribution in [0.2, 0.25) is 0 Å². The highest BCUT2D eigenvalue weighted by Gasteiger charge is 2.51. The van der Waals surface area contributed by atoms with Crippen molar-refractivity contribution in [1.82, 2.24) is 0 Å². The van der Waals surface area contributed by atoms with Crippen LogP contribution in [0.15, 0.2) is 95.1 Å². The van der Waals surface area contributed by atoms with Crippen LogP contribution < -0.4 is 11.7 Å². The highest BCUT2D eigenvalue weighted by atomic mass is 16.4. The molecule has 0 saturated carbocycles. The lowest BCUT2D eigenvalue weighted by atomic mass is 9.63. The quantitative estimate of drug-likeness (QED) is 0.137. The van der Waals surface area contributed by atoms with Crippen molar-refractivity contribution in [2.75, 3.05) is 0 Å². The number of fused-ring (bicyclic) bond motifs is 2. The summed E-state index contributed by atoms with van der Waals surface area (Å²) in [4.78, 5) is 26.3. The molecule has 0 saturated heterocycles. The van der Waals surface area contributed by atoms with Gasteiger partial charge in [0.05, 0.1) is 22.8 Å². The third kappa shape index (κ3) is 4.17. The van der Waals surface area contributed by atoms with Crippen LogP contribution >= 0.6 is 0 Å². The zero-order valence-corrected chi connectivity index (χ0v) is 25.3. The Morgan fingerprint density at radius 1 is 0.630 bits per heavy atom. The van der Waals surface area contributed by atoms with E-state index in [-0.39, 0.29) is 35.7 Å². The summed E-state index contributed by atoms with van der Waals surface area (Å²) >= 11 is 0. The number of aliphatic carboxylic acids is 2. The Balaban J connectivity index is 1.47. The molecule has 0 radical (unpaired) electrons. The third-order valence-electron chi connectivity index (χ3n) is 9.50. The van der Waals surface area contributed by atoms with E-state index in [1.165, 1.54) is 0 Å². The van der Waals surface area contributed by atoms with Gasteiger partial charge in [-0.05, 0) is 58.4 Å². The molecule has 10 nitrogen and oxygen atoms in total. The average molecular weight is 613 g/mol. The smallest absolute Gasteiger partial charge is 0.319 e. The van der Waals surface area contributed by atoms with Crippen LogP contribution in [-0.2, 0) is 20.4 Å². The van der Waals surface area contributed by atoms with E-state index in [9.17, 15) is 19.8 Å². The highest BCUT2D eigenvalue weighted by molar-refractivity contribution is 6.50. The molecule has 4 aromatic rings. The maximum Gasteiger partial charge on any atom is 0.319 e. The lowest BCUT2D eigenvalue weighted by Gasteiger charge is -2.38. The van der Waals surface area contributed by atoms with E-state index in [1.807, 2.05) is 38.1 Å². The molecule has 0 amide bonds. The molecule has 2 atom stereocenters. The predicted octanol–water partition coefficient (Wildman–Crippen LogP) is 4.88. The van der Waals surface area contributed by atoms with Gasteiger partial charge in [-0.1, -0.05) is 84.9 Å². The van der Waals surface area contributed by atoms with Crippen molar-refractivity contribution >= 4 is 34.8 Å². The van der Waals surface area contributed by atoms with Crippen LogP contribution in [0.1, 0.15) is 57.3 Å². The molecule has 10 heteroatoms. The molecule has 8 N–H and O–H groups in total. The van der Waals surface area contributed by atoms with Gasteiger partial charge < -0.3 is 21.9 Å². The summed E-state index contributed by atoms with van der Waals surface area (Å²) in [6, 6.07) is 25.1. The Morgan fingerprint density at radius 3 is 1.33 bits per heavy atom. The molecule has 0 fully saturated rings. The molecule has 0 aromatic heterocycles. The van der Waals surface area contributed by atoms with Crippen molar-refractivity contribution in [2.45, 2.75) is 37.5 Å². The van der Waals surface area contributed by atoms with Crippen LogP contribution in [0.3, 0.4) is 0 Å². The van der Waals surface area contributed by atoms with Gasteiger partial charge in [0.15, 0.2) is 0 Å². The third-order valence-corrected chi connectivity index (χ3v) is 9.50. The van der Waals surface area contributed by atoms with E-state index in [2.05, 4.69) is 10.2 Å². The Bertz CT molecular complexity index is 1920. The summed E-state index contributed by atoms with van der Waals surface area (Å²) < 4.78 is 0. The number of hydrogen-bond donors (Lipinski definition) is 6. The first-order valence-corrected chi connectivity index (χ1v) is 14.6. The molecule has 6 rings (SSSR count). The molecule has 2 aliphatic carbocycles. The summed E-state index contributed by atoms with van der Waals surface area (Å²) in [6.45, 7) is 3.71. The molecule has 230 valence electrons. The first kappa shape index (κ1) is 30.1. The van der Waals surface area contributed by atoms with Gasteiger partial charge in [-0.2, -0.15) is 10.2 Å². The van der Waals surface area contributed by atoms with Gasteiger partial charge in [-0.15, -0.1) is 0 Å². The van der Waals surface area contributed by atoms with Gasteiger partial charge >= 0.3 is 11.9 Å². The van der Waals surface area contributed by atoms with Crippen LogP contribution in [-0.4, -0.2) is 45.0 Å². The van der Waals surface area contributed by atoms with Gasteiger partial charge in [-0.25, -0.2) is 0 Å². The minimum Gasteiger partial charge on any atom is -0.480 e. The second-order valence-electron chi connectivity index (χ2n) is 11.8. The Labute approximate surface area is 265 Å². The standard InChI is InChI=1S/C36H32N6O4/c1-19-15-21(11-13-25(19)35(33(43)44)17-29(41-39)31(37)23-7-3-5-9-27(23)35)22-12-14-26(20(2)16-22)36(34(45)46)18-30(42-40)32(38)24-8-4-6-10-28(24)36/h3-16,37-38H,17-18,39-40H2,1-2H3,(H,43,44)(H,45,46)/b37-31?,38-32?,41-29-,42-30+. The maximum atomic E-state index is 13.1. The number of aryl methyl sites for hydroxylation is 2. The zero-order valence-electron chi connectivity index (χ0n) is 25.3. The van der Waals surface area contributed by atoms with Gasteiger partial charge in [0.1, 0.15) is 10.8 Å². The molecule has 0 spiro atoms. The molecule has 0 bridgehead atoms. The second kappa shape index (κ2) is 10.9. The first-order valence-electron chi connectivity index (χ1n) is 14.6. The maximum absolute atomic E-state index is 13.1. The molecule has 2 aliphatic rings. The number of carboxylic acid groups (broad SMARTS) is 2. The van der Waals surface area contributed by atoms with E-state index in [0.29, 0.717) is 33.4 Å². The zero-order chi connectivity index (χ0) is 33.0. The lowest BCUT2D eigenvalue weighted by Crippen LogP contribution is -2.46. The molecular weight excluding hydrogens is 580 g/mol. The van der Waals surface area contributed by atoms with Crippen molar-refractivity contribution in [3.05, 3.63) is 129 Å². The van der Waals surface area contributed by atoms with Gasteiger partial charge in [0.2, 0.25) is 0 Å². The van der Waals surface area contributed by atoms with Crippen molar-refractivity contribution in [3.63, 3.8) is 0 Å². The minimum atomic E-state index is -1.50. The number of hydrazone groups is 2. The summed E-state index contributed by atoms with van der Waals surface area (Å²) in [7, 11) is 0. The molecular formula is C36H32N6O4. The van der Waals surface area contributed by atoms with Gasteiger partial charge in [0, 0.05) is 24.0 Å². The van der Waals surface area contributed by atoms with Crippen molar-refractivity contribution in [1.29, 1.82) is 10.8 Å². The molecule has 46 heavy (non-hydrogen) atoms. The van der Waals surface area contributed by atoms with E-state index in [0.717, 1.165) is 22.3 Å². The van der Waals surface area contributed by atoms with Crippen molar-refractivity contribution in [2.24, 2.45) is 21.9 Å². The molecule has 0 aliphatic heterocycles. The van der Waals surface area contributed by atoms with Crippen LogP contribution in [0.5, 0.6) is 0 Å². The Hall–Kier alpha value is -5.90. The number of nitrogens with one attached hydrogen (secondary N) is 2. The SMILES string of the molecule is Cc1cc(-c2ccc(C3(C(=O)O)C/C(=N\N)C(=N)c4ccccc43)c(C)c2)ccc1C1(C(=O)O)C/C(=N/N)C(=N)c2ccccc21.